The van der Waals surface area contributed by atoms with Gasteiger partial charge in [-0.1, -0.05) is 18.2 Å². The molecular formula is C13H17F3N2O4S. The number of rotatable bonds is 4. The van der Waals surface area contributed by atoms with Crippen molar-refractivity contribution in [2.75, 3.05) is 19.8 Å². The van der Waals surface area contributed by atoms with Crippen molar-refractivity contribution >= 4 is 16.0 Å². The molecule has 0 radical (unpaired) electrons. The van der Waals surface area contributed by atoms with Crippen LogP contribution >= 0.6 is 0 Å². The summed E-state index contributed by atoms with van der Waals surface area (Å²) in [5.41, 5.74) is 0. The zero-order valence-corrected chi connectivity index (χ0v) is 12.9. The molecule has 1 aliphatic heterocycles. The van der Waals surface area contributed by atoms with Crippen molar-refractivity contribution < 1.29 is 31.5 Å². The predicted molar refractivity (Wildman–Crippen MR) is 76.1 cm³/mol. The minimum atomic E-state index is -5.08. The van der Waals surface area contributed by atoms with Crippen LogP contribution in [0.4, 0.5) is 13.2 Å². The van der Waals surface area contributed by atoms with Crippen LogP contribution in [0.2, 0.25) is 0 Å². The second kappa shape index (κ2) is 8.27. The Morgan fingerprint density at radius 1 is 1.17 bits per heavy atom. The Labute approximate surface area is 132 Å². The number of carboxylic acid groups (broad SMARTS) is 1. The molecular weight excluding hydrogens is 337 g/mol. The average molecular weight is 354 g/mol. The lowest BCUT2D eigenvalue weighted by Gasteiger charge is -2.15. The van der Waals surface area contributed by atoms with Gasteiger partial charge in [-0.25, -0.2) is 13.2 Å². The van der Waals surface area contributed by atoms with Crippen molar-refractivity contribution in [1.82, 2.24) is 9.62 Å². The Morgan fingerprint density at radius 2 is 1.65 bits per heavy atom. The minimum Gasteiger partial charge on any atom is -0.475 e. The molecule has 0 atom stereocenters. The molecule has 130 valence electrons. The molecule has 1 saturated heterocycles. The maximum absolute atomic E-state index is 11.9. The highest BCUT2D eigenvalue weighted by Gasteiger charge is 2.38. The fraction of sp³-hybridized carbons (Fsp3) is 0.462. The van der Waals surface area contributed by atoms with Gasteiger partial charge in [-0.05, 0) is 38.1 Å². The van der Waals surface area contributed by atoms with E-state index in [0.29, 0.717) is 11.6 Å². The standard InChI is InChI=1S/C11H16N2O2S.C2HF3O2/c14-16(15,11-6-2-1-3-7-11)12-10-13-8-4-5-9-13;3-2(4,5)1(6)7/h1-3,6-7,12H,4-5,8-10H2;(H,6,7). The normalized spacial score (nSPS) is 15.8. The van der Waals surface area contributed by atoms with Gasteiger partial charge in [0.2, 0.25) is 10.0 Å². The molecule has 6 nitrogen and oxygen atoms in total. The molecule has 0 amide bonds. The molecule has 1 aliphatic rings. The summed E-state index contributed by atoms with van der Waals surface area (Å²) in [5.74, 6) is -2.76. The maximum Gasteiger partial charge on any atom is 0.490 e. The number of halogens is 3. The number of carbonyl (C=O) groups is 1. The lowest BCUT2D eigenvalue weighted by molar-refractivity contribution is -0.192. The monoisotopic (exact) mass is 354 g/mol. The van der Waals surface area contributed by atoms with Crippen LogP contribution in [0.1, 0.15) is 12.8 Å². The van der Waals surface area contributed by atoms with Crippen LogP contribution in [-0.4, -0.2) is 50.3 Å². The van der Waals surface area contributed by atoms with Gasteiger partial charge in [0, 0.05) is 0 Å². The zero-order chi connectivity index (χ0) is 17.5. The lowest BCUT2D eigenvalue weighted by Crippen LogP contribution is -2.35. The number of likely N-dealkylation sites (tertiary alicyclic amines) is 1. The highest BCUT2D eigenvalue weighted by atomic mass is 32.2. The molecule has 0 spiro atoms. The summed E-state index contributed by atoms with van der Waals surface area (Å²) >= 11 is 0. The summed E-state index contributed by atoms with van der Waals surface area (Å²) in [4.78, 5) is 11.3. The largest absolute Gasteiger partial charge is 0.490 e. The number of nitrogens with zero attached hydrogens (tertiary/aromatic N) is 1. The lowest BCUT2D eigenvalue weighted by atomic mass is 10.4. The molecule has 0 aliphatic carbocycles. The van der Waals surface area contributed by atoms with Crippen LogP contribution in [0.3, 0.4) is 0 Å². The predicted octanol–water partition coefficient (Wildman–Crippen LogP) is 1.65. The van der Waals surface area contributed by atoms with Crippen LogP contribution in [0.15, 0.2) is 35.2 Å². The van der Waals surface area contributed by atoms with E-state index in [4.69, 9.17) is 9.90 Å². The number of benzene rings is 1. The first-order chi connectivity index (χ1) is 10.6. The smallest absolute Gasteiger partial charge is 0.475 e. The molecule has 2 N–H and O–H groups in total. The molecule has 1 fully saturated rings. The molecule has 1 heterocycles. The van der Waals surface area contributed by atoms with E-state index in [-0.39, 0.29) is 0 Å². The molecule has 2 rings (SSSR count). The minimum absolute atomic E-state index is 0.328. The second-order valence-electron chi connectivity index (χ2n) is 4.75. The van der Waals surface area contributed by atoms with Gasteiger partial charge in [-0.2, -0.15) is 17.9 Å². The number of hydrogen-bond acceptors (Lipinski definition) is 4. The summed E-state index contributed by atoms with van der Waals surface area (Å²) in [6.07, 6.45) is -2.76. The van der Waals surface area contributed by atoms with E-state index in [2.05, 4.69) is 9.62 Å². The van der Waals surface area contributed by atoms with Gasteiger partial charge < -0.3 is 5.11 Å². The second-order valence-corrected chi connectivity index (χ2v) is 6.51. The van der Waals surface area contributed by atoms with Gasteiger partial charge in [-0.15, -0.1) is 0 Å². The van der Waals surface area contributed by atoms with Gasteiger partial charge >= 0.3 is 12.1 Å². The number of aliphatic carboxylic acids is 1. The third-order valence-electron chi connectivity index (χ3n) is 2.97. The molecule has 10 heteroatoms. The molecule has 0 aromatic heterocycles. The third kappa shape index (κ3) is 6.97. The van der Waals surface area contributed by atoms with E-state index < -0.39 is 22.2 Å². The first-order valence-corrected chi connectivity index (χ1v) is 8.18. The summed E-state index contributed by atoms with van der Waals surface area (Å²) in [6.45, 7) is 2.38. The maximum atomic E-state index is 11.9. The number of hydrogen-bond donors (Lipinski definition) is 2. The topological polar surface area (TPSA) is 86.7 Å². The highest BCUT2D eigenvalue weighted by Crippen LogP contribution is 2.13. The van der Waals surface area contributed by atoms with Crippen LogP contribution in [0.25, 0.3) is 0 Å². The third-order valence-corrected chi connectivity index (χ3v) is 4.37. The summed E-state index contributed by atoms with van der Waals surface area (Å²) in [6, 6.07) is 8.47. The van der Waals surface area contributed by atoms with Gasteiger partial charge in [0.1, 0.15) is 0 Å². The molecule has 0 bridgehead atoms. The van der Waals surface area contributed by atoms with Gasteiger partial charge in [-0.3, -0.25) is 4.90 Å². The van der Waals surface area contributed by atoms with Crippen LogP contribution in [0.5, 0.6) is 0 Å². The Hall–Kier alpha value is -1.65. The Morgan fingerprint density at radius 3 is 2.09 bits per heavy atom. The van der Waals surface area contributed by atoms with Crippen molar-refractivity contribution in [3.8, 4) is 0 Å². The van der Waals surface area contributed by atoms with Crippen molar-refractivity contribution in [3.63, 3.8) is 0 Å². The van der Waals surface area contributed by atoms with E-state index in [1.54, 1.807) is 30.3 Å². The molecule has 1 aromatic rings. The number of nitrogens with one attached hydrogen (secondary N) is 1. The SMILES string of the molecule is O=C(O)C(F)(F)F.O=S(=O)(NCN1CCCC1)c1ccccc1. The first-order valence-electron chi connectivity index (χ1n) is 6.70. The van der Waals surface area contributed by atoms with Crippen LogP contribution in [-0.2, 0) is 14.8 Å². The Kier molecular flexibility index (Phi) is 6.98. The van der Waals surface area contributed by atoms with Gasteiger partial charge in [0.05, 0.1) is 11.6 Å². The fourth-order valence-electron chi connectivity index (χ4n) is 1.80. The fourth-order valence-corrected chi connectivity index (χ4v) is 2.83. The average Bonchev–Trinajstić information content (AvgIpc) is 2.99. The zero-order valence-electron chi connectivity index (χ0n) is 12.1. The number of carboxylic acids is 1. The Balaban J connectivity index is 0.000000322. The summed E-state index contributed by atoms with van der Waals surface area (Å²) in [5, 5.41) is 7.12. The van der Waals surface area contributed by atoms with E-state index in [9.17, 15) is 21.6 Å². The van der Waals surface area contributed by atoms with E-state index >= 15 is 0 Å². The number of sulfonamides is 1. The van der Waals surface area contributed by atoms with Crippen molar-refractivity contribution in [2.24, 2.45) is 0 Å². The van der Waals surface area contributed by atoms with Crippen LogP contribution in [0, 0.1) is 0 Å². The quantitative estimate of drug-likeness (QED) is 0.859. The van der Waals surface area contributed by atoms with E-state index in [0.717, 1.165) is 25.9 Å². The van der Waals surface area contributed by atoms with Crippen molar-refractivity contribution in [1.29, 1.82) is 0 Å². The number of alkyl halides is 3. The van der Waals surface area contributed by atoms with Crippen molar-refractivity contribution in [2.45, 2.75) is 23.9 Å². The van der Waals surface area contributed by atoms with E-state index in [1.807, 2.05) is 0 Å². The summed E-state index contributed by atoms with van der Waals surface area (Å²) in [7, 11) is -3.34. The van der Waals surface area contributed by atoms with Crippen LogP contribution < -0.4 is 4.72 Å². The Bertz CT molecular complexity index is 599. The molecule has 23 heavy (non-hydrogen) atoms. The van der Waals surface area contributed by atoms with Gasteiger partial charge in [0.25, 0.3) is 0 Å². The van der Waals surface area contributed by atoms with E-state index in [1.165, 1.54) is 0 Å². The first kappa shape index (κ1) is 19.4. The highest BCUT2D eigenvalue weighted by molar-refractivity contribution is 7.89. The molecule has 0 unspecified atom stereocenters. The summed E-state index contributed by atoms with van der Waals surface area (Å²) < 4.78 is 58.1. The molecule has 0 saturated carbocycles. The van der Waals surface area contributed by atoms with Gasteiger partial charge in [0.15, 0.2) is 0 Å². The van der Waals surface area contributed by atoms with Crippen molar-refractivity contribution in [3.05, 3.63) is 30.3 Å². The molecule has 1 aromatic carbocycles.